The first-order chi connectivity index (χ1) is 13.1. The second-order valence-electron chi connectivity index (χ2n) is 7.38. The molecule has 2 amide bonds. The Labute approximate surface area is 165 Å². The molecule has 1 aromatic heterocycles. The summed E-state index contributed by atoms with van der Waals surface area (Å²) < 4.78 is 0. The maximum atomic E-state index is 12.4. The number of aromatic nitrogens is 1. The number of hydrogen-bond donors (Lipinski definition) is 0. The van der Waals surface area contributed by atoms with E-state index in [4.69, 9.17) is 0 Å². The minimum Gasteiger partial charge on any atom is -0.342 e. The van der Waals surface area contributed by atoms with Gasteiger partial charge in [-0.2, -0.15) is 0 Å². The number of carbonyl (C=O) groups excluding carboxylic acids is 2. The largest absolute Gasteiger partial charge is 0.342 e. The highest BCUT2D eigenvalue weighted by Gasteiger charge is 2.23. The van der Waals surface area contributed by atoms with Crippen molar-refractivity contribution in [3.05, 3.63) is 11.1 Å². The van der Waals surface area contributed by atoms with E-state index >= 15 is 0 Å². The molecule has 0 aliphatic carbocycles. The fourth-order valence-corrected chi connectivity index (χ4v) is 4.68. The van der Waals surface area contributed by atoms with E-state index in [1.165, 1.54) is 17.8 Å². The molecule has 27 heavy (non-hydrogen) atoms. The van der Waals surface area contributed by atoms with Gasteiger partial charge in [0.05, 0.1) is 12.2 Å². The molecule has 1 aromatic rings. The van der Waals surface area contributed by atoms with E-state index in [0.29, 0.717) is 13.1 Å². The summed E-state index contributed by atoms with van der Waals surface area (Å²) >= 11 is 1.53. The SMILES string of the molecule is CCN(C(C)=O)c1nc(CN2CCN(CC(=O)N3CCCCC3)CC2)cs1. The molecule has 8 heteroatoms. The Morgan fingerprint density at radius 3 is 2.37 bits per heavy atom. The Balaban J connectivity index is 1.43. The lowest BCUT2D eigenvalue weighted by atomic mass is 10.1. The van der Waals surface area contributed by atoms with Gasteiger partial charge < -0.3 is 4.90 Å². The molecule has 0 bridgehead atoms. The molecule has 3 rings (SSSR count). The van der Waals surface area contributed by atoms with Gasteiger partial charge in [-0.3, -0.25) is 24.3 Å². The Morgan fingerprint density at radius 2 is 1.74 bits per heavy atom. The number of piperazine rings is 1. The molecule has 0 radical (unpaired) electrons. The molecule has 0 N–H and O–H groups in total. The lowest BCUT2D eigenvalue weighted by Gasteiger charge is -2.35. The van der Waals surface area contributed by atoms with Crippen molar-refractivity contribution >= 4 is 28.3 Å². The van der Waals surface area contributed by atoms with Crippen LogP contribution in [0.1, 0.15) is 38.8 Å². The average molecular weight is 394 g/mol. The molecule has 150 valence electrons. The molecule has 2 fully saturated rings. The van der Waals surface area contributed by atoms with E-state index in [-0.39, 0.29) is 11.8 Å². The fraction of sp³-hybridized carbons (Fsp3) is 0.737. The average Bonchev–Trinajstić information content (AvgIpc) is 3.12. The number of nitrogens with zero attached hydrogens (tertiary/aromatic N) is 5. The number of thiazole rings is 1. The summed E-state index contributed by atoms with van der Waals surface area (Å²) in [5.41, 5.74) is 1.02. The third-order valence-electron chi connectivity index (χ3n) is 5.39. The van der Waals surface area contributed by atoms with E-state index < -0.39 is 0 Å². The maximum absolute atomic E-state index is 12.4. The predicted molar refractivity (Wildman–Crippen MR) is 108 cm³/mol. The predicted octanol–water partition coefficient (Wildman–Crippen LogP) is 1.65. The third kappa shape index (κ3) is 5.49. The van der Waals surface area contributed by atoms with E-state index in [1.807, 2.05) is 17.2 Å². The standard InChI is InChI=1S/C19H31N5O2S/c1-3-24(16(2)25)19-20-17(15-27-19)13-21-9-11-22(12-10-21)14-18(26)23-7-5-4-6-8-23/h15H,3-14H2,1-2H3. The van der Waals surface area contributed by atoms with Gasteiger partial charge in [0.2, 0.25) is 11.8 Å². The van der Waals surface area contributed by atoms with Crippen molar-refractivity contribution in [2.24, 2.45) is 0 Å². The second kappa shape index (κ2) is 9.61. The van der Waals surface area contributed by atoms with Gasteiger partial charge in [-0.25, -0.2) is 4.98 Å². The molecule has 2 aliphatic heterocycles. The van der Waals surface area contributed by atoms with Crippen LogP contribution < -0.4 is 4.90 Å². The van der Waals surface area contributed by atoms with Gasteiger partial charge in [-0.1, -0.05) is 0 Å². The van der Waals surface area contributed by atoms with Crippen LogP contribution >= 0.6 is 11.3 Å². The van der Waals surface area contributed by atoms with Crippen molar-refractivity contribution in [1.82, 2.24) is 19.7 Å². The van der Waals surface area contributed by atoms with Crippen molar-refractivity contribution in [3.8, 4) is 0 Å². The quantitative estimate of drug-likeness (QED) is 0.735. The van der Waals surface area contributed by atoms with Gasteiger partial charge in [-0.15, -0.1) is 11.3 Å². The van der Waals surface area contributed by atoms with Crippen LogP contribution in [0, 0.1) is 0 Å². The van der Waals surface area contributed by atoms with Crippen LogP contribution in [-0.2, 0) is 16.1 Å². The van der Waals surface area contributed by atoms with E-state index in [9.17, 15) is 9.59 Å². The van der Waals surface area contributed by atoms with Crippen molar-refractivity contribution in [2.75, 3.05) is 57.3 Å². The number of hydrogen-bond acceptors (Lipinski definition) is 6. The van der Waals surface area contributed by atoms with Crippen molar-refractivity contribution in [2.45, 2.75) is 39.7 Å². The number of anilines is 1. The highest BCUT2D eigenvalue weighted by Crippen LogP contribution is 2.22. The molecule has 0 atom stereocenters. The van der Waals surface area contributed by atoms with Crippen molar-refractivity contribution < 1.29 is 9.59 Å². The zero-order valence-electron chi connectivity index (χ0n) is 16.5. The Bertz CT molecular complexity index is 636. The maximum Gasteiger partial charge on any atom is 0.236 e. The van der Waals surface area contributed by atoms with Crippen molar-refractivity contribution in [3.63, 3.8) is 0 Å². The van der Waals surface area contributed by atoms with Crippen molar-refractivity contribution in [1.29, 1.82) is 0 Å². The Morgan fingerprint density at radius 1 is 1.07 bits per heavy atom. The number of piperidine rings is 1. The monoisotopic (exact) mass is 393 g/mol. The smallest absolute Gasteiger partial charge is 0.236 e. The summed E-state index contributed by atoms with van der Waals surface area (Å²) in [4.78, 5) is 37.1. The zero-order chi connectivity index (χ0) is 19.2. The molecule has 7 nitrogen and oxygen atoms in total. The summed E-state index contributed by atoms with van der Waals surface area (Å²) in [6.45, 7) is 11.2. The minimum atomic E-state index is 0.0328. The molecular formula is C19H31N5O2S. The van der Waals surface area contributed by atoms with Crippen LogP contribution in [0.2, 0.25) is 0 Å². The molecule has 0 unspecified atom stereocenters. The van der Waals surface area contributed by atoms with Crippen LogP contribution in [0.25, 0.3) is 0 Å². The van der Waals surface area contributed by atoms with Gasteiger partial charge in [-0.05, 0) is 26.2 Å². The van der Waals surface area contributed by atoms with Gasteiger partial charge in [0.25, 0.3) is 0 Å². The van der Waals surface area contributed by atoms with Crippen LogP contribution in [-0.4, -0.2) is 83.9 Å². The van der Waals surface area contributed by atoms with Crippen LogP contribution in [0.15, 0.2) is 5.38 Å². The summed E-state index contributed by atoms with van der Waals surface area (Å²) in [7, 11) is 0. The zero-order valence-corrected chi connectivity index (χ0v) is 17.3. The summed E-state index contributed by atoms with van der Waals surface area (Å²) in [6, 6.07) is 0. The van der Waals surface area contributed by atoms with Gasteiger partial charge in [0.15, 0.2) is 5.13 Å². The first-order valence-electron chi connectivity index (χ1n) is 10.0. The fourth-order valence-electron chi connectivity index (χ4n) is 3.75. The lowest BCUT2D eigenvalue weighted by Crippen LogP contribution is -2.50. The first-order valence-corrected chi connectivity index (χ1v) is 10.9. The molecule has 3 heterocycles. The second-order valence-corrected chi connectivity index (χ2v) is 8.21. The lowest BCUT2D eigenvalue weighted by molar-refractivity contribution is -0.133. The molecule has 0 saturated carbocycles. The summed E-state index contributed by atoms with van der Waals surface area (Å²) in [5.74, 6) is 0.321. The molecule has 2 saturated heterocycles. The van der Waals surface area contributed by atoms with E-state index in [1.54, 1.807) is 11.8 Å². The van der Waals surface area contributed by atoms with Gasteiger partial charge in [0, 0.05) is 64.7 Å². The first kappa shape index (κ1) is 20.2. The van der Waals surface area contributed by atoms with Crippen LogP contribution in [0.5, 0.6) is 0 Å². The Hall–Kier alpha value is -1.51. The number of amides is 2. The third-order valence-corrected chi connectivity index (χ3v) is 6.30. The van der Waals surface area contributed by atoms with E-state index in [0.717, 1.165) is 69.5 Å². The highest BCUT2D eigenvalue weighted by atomic mass is 32.1. The number of carbonyl (C=O) groups is 2. The van der Waals surface area contributed by atoms with E-state index in [2.05, 4.69) is 14.8 Å². The topological polar surface area (TPSA) is 60.0 Å². The Kier molecular flexibility index (Phi) is 7.20. The summed E-state index contributed by atoms with van der Waals surface area (Å²) in [6.07, 6.45) is 3.55. The molecular weight excluding hydrogens is 362 g/mol. The minimum absolute atomic E-state index is 0.0328. The van der Waals surface area contributed by atoms with Crippen LogP contribution in [0.4, 0.5) is 5.13 Å². The number of rotatable bonds is 6. The highest BCUT2D eigenvalue weighted by molar-refractivity contribution is 7.14. The van der Waals surface area contributed by atoms with Gasteiger partial charge in [0.1, 0.15) is 0 Å². The van der Waals surface area contributed by atoms with Crippen LogP contribution in [0.3, 0.4) is 0 Å². The molecule has 0 spiro atoms. The molecule has 0 aromatic carbocycles. The summed E-state index contributed by atoms with van der Waals surface area (Å²) in [5, 5.41) is 2.83. The molecule has 2 aliphatic rings. The van der Waals surface area contributed by atoms with Gasteiger partial charge >= 0.3 is 0 Å². The normalized spacial score (nSPS) is 19.3. The number of likely N-dealkylation sites (tertiary alicyclic amines) is 1.